The number of imidazole rings is 1. The molecule has 0 spiro atoms. The predicted molar refractivity (Wildman–Crippen MR) is 154 cm³/mol. The van der Waals surface area contributed by atoms with Gasteiger partial charge in [-0.2, -0.15) is 0 Å². The molecule has 0 atom stereocenters. The average Bonchev–Trinajstić information content (AvgIpc) is 3.63. The molecule has 0 fully saturated rings. The summed E-state index contributed by atoms with van der Waals surface area (Å²) in [4.78, 5) is 33.2. The maximum Gasteiger partial charge on any atom is 0.254 e. The lowest BCUT2D eigenvalue weighted by molar-refractivity contribution is -0.117. The Kier molecular flexibility index (Phi) is 8.09. The van der Waals surface area contributed by atoms with Gasteiger partial charge in [-0.05, 0) is 60.5 Å². The fraction of sp³-hybridized carbons (Fsp3) is 0.258. The van der Waals surface area contributed by atoms with Gasteiger partial charge in [0, 0.05) is 29.6 Å². The number of aromatic nitrogens is 2. The number of nitrogens with zero attached hydrogens (tertiary/aromatic N) is 3. The van der Waals surface area contributed by atoms with Crippen molar-refractivity contribution in [1.29, 1.82) is 0 Å². The first-order chi connectivity index (χ1) is 19.8. The van der Waals surface area contributed by atoms with Crippen molar-refractivity contribution in [2.75, 3.05) is 39.4 Å². The Labute approximate surface area is 238 Å². The number of anilines is 1. The van der Waals surface area contributed by atoms with Gasteiger partial charge in [-0.1, -0.05) is 26.0 Å². The maximum absolute atomic E-state index is 13.5. The van der Waals surface area contributed by atoms with Gasteiger partial charge in [0.1, 0.15) is 18.0 Å². The monoisotopic (exact) mass is 556 g/mol. The van der Waals surface area contributed by atoms with E-state index in [-0.39, 0.29) is 31.1 Å². The summed E-state index contributed by atoms with van der Waals surface area (Å²) < 4.78 is 23.3. The van der Waals surface area contributed by atoms with E-state index in [0.717, 1.165) is 11.3 Å². The predicted octanol–water partition coefficient (Wildman–Crippen LogP) is 5.02. The van der Waals surface area contributed by atoms with Gasteiger partial charge < -0.3 is 23.8 Å². The Hall–Kier alpha value is -4.99. The number of nitrogens with one attached hydrogen (secondary N) is 1. The van der Waals surface area contributed by atoms with E-state index in [0.29, 0.717) is 46.7 Å². The maximum atomic E-state index is 13.5. The Bertz CT molecular complexity index is 1550. The van der Waals surface area contributed by atoms with Crippen molar-refractivity contribution in [3.8, 4) is 39.9 Å². The average molecular weight is 557 g/mol. The van der Waals surface area contributed by atoms with Crippen LogP contribution in [0.5, 0.6) is 23.0 Å². The Morgan fingerprint density at radius 1 is 0.976 bits per heavy atom. The van der Waals surface area contributed by atoms with Gasteiger partial charge in [-0.3, -0.25) is 19.5 Å². The third kappa shape index (κ3) is 6.27. The summed E-state index contributed by atoms with van der Waals surface area (Å²) >= 11 is 0. The van der Waals surface area contributed by atoms with E-state index in [1.807, 2.05) is 68.6 Å². The quantitative estimate of drug-likeness (QED) is 0.292. The van der Waals surface area contributed by atoms with Gasteiger partial charge in [0.15, 0.2) is 11.5 Å². The highest BCUT2D eigenvalue weighted by Gasteiger charge is 2.24. The van der Waals surface area contributed by atoms with E-state index in [9.17, 15) is 9.59 Å². The van der Waals surface area contributed by atoms with Crippen molar-refractivity contribution in [2.45, 2.75) is 13.8 Å². The van der Waals surface area contributed by atoms with E-state index < -0.39 is 0 Å². The van der Waals surface area contributed by atoms with Gasteiger partial charge in [-0.25, -0.2) is 4.98 Å². The summed E-state index contributed by atoms with van der Waals surface area (Å²) in [7, 11) is 3.21. The van der Waals surface area contributed by atoms with Crippen molar-refractivity contribution in [3.05, 3.63) is 78.5 Å². The first kappa shape index (κ1) is 27.6. The van der Waals surface area contributed by atoms with E-state index in [4.69, 9.17) is 23.9 Å². The molecule has 1 aliphatic heterocycles. The summed E-state index contributed by atoms with van der Waals surface area (Å²) in [6.45, 7) is 4.34. The lowest BCUT2D eigenvalue weighted by Gasteiger charge is -2.24. The summed E-state index contributed by atoms with van der Waals surface area (Å²) in [6.07, 6.45) is 1.84. The summed E-state index contributed by atoms with van der Waals surface area (Å²) in [5.74, 6) is 2.31. The fourth-order valence-corrected chi connectivity index (χ4v) is 4.54. The van der Waals surface area contributed by atoms with Crippen LogP contribution in [0.3, 0.4) is 0 Å². The minimum Gasteiger partial charge on any atom is -0.497 e. The molecule has 5 rings (SSSR count). The molecular formula is C31H32N4O6. The molecule has 0 aliphatic carbocycles. The lowest BCUT2D eigenvalue weighted by atomic mass is 10.1. The second kappa shape index (κ2) is 12.0. The van der Waals surface area contributed by atoms with Crippen LogP contribution in [0.2, 0.25) is 0 Å². The molecule has 0 bridgehead atoms. The number of hydrogen-bond donors (Lipinski definition) is 1. The molecule has 10 nitrogen and oxygen atoms in total. The number of rotatable bonds is 10. The number of ether oxygens (including phenoxy) is 4. The van der Waals surface area contributed by atoms with Crippen LogP contribution < -0.4 is 24.3 Å². The molecule has 3 aromatic carbocycles. The number of hydrogen-bond acceptors (Lipinski definition) is 7. The Balaban J connectivity index is 1.42. The molecule has 0 saturated heterocycles. The number of methoxy groups -OCH3 is 2. The van der Waals surface area contributed by atoms with Gasteiger partial charge in [0.25, 0.3) is 5.91 Å². The Morgan fingerprint density at radius 2 is 1.73 bits per heavy atom. The zero-order valence-electron chi connectivity index (χ0n) is 23.4. The summed E-state index contributed by atoms with van der Waals surface area (Å²) in [5, 5.41) is 2.92. The van der Waals surface area contributed by atoms with Crippen LogP contribution in [0.4, 0.5) is 5.95 Å². The first-order valence-electron chi connectivity index (χ1n) is 13.2. The van der Waals surface area contributed by atoms with Crippen LogP contribution in [-0.4, -0.2) is 60.4 Å². The number of fused-ring (bicyclic) bond motifs is 1. The molecule has 212 valence electrons. The number of amides is 2. The van der Waals surface area contributed by atoms with Gasteiger partial charge >= 0.3 is 0 Å². The van der Waals surface area contributed by atoms with E-state index in [2.05, 4.69) is 5.32 Å². The molecule has 4 aromatic rings. The molecule has 1 aromatic heterocycles. The molecule has 0 saturated carbocycles. The highest BCUT2D eigenvalue weighted by Crippen LogP contribution is 2.33. The third-order valence-corrected chi connectivity index (χ3v) is 6.50. The molecule has 10 heteroatoms. The smallest absolute Gasteiger partial charge is 0.254 e. The van der Waals surface area contributed by atoms with Crippen molar-refractivity contribution in [1.82, 2.24) is 14.5 Å². The van der Waals surface area contributed by atoms with Crippen LogP contribution in [0.1, 0.15) is 24.2 Å². The normalized spacial score (nSPS) is 11.8. The molecule has 1 aliphatic rings. The SMILES string of the molecule is COc1ccc(-n2cc(-c3cccc(OC)c3)nc2NC(=O)CN(CC(C)C)C(=O)c2ccc3c(c2)OCO3)cc1. The fourth-order valence-electron chi connectivity index (χ4n) is 4.54. The first-order valence-corrected chi connectivity index (χ1v) is 13.2. The molecule has 2 heterocycles. The molecule has 1 N–H and O–H groups in total. The summed E-state index contributed by atoms with van der Waals surface area (Å²) in [5.41, 5.74) is 2.66. The molecular weight excluding hydrogens is 524 g/mol. The number of benzene rings is 3. The van der Waals surface area contributed by atoms with Crippen LogP contribution in [0.25, 0.3) is 16.9 Å². The van der Waals surface area contributed by atoms with E-state index >= 15 is 0 Å². The number of carbonyl (C=O) groups is 2. The van der Waals surface area contributed by atoms with Crippen LogP contribution in [-0.2, 0) is 4.79 Å². The molecule has 0 unspecified atom stereocenters. The largest absolute Gasteiger partial charge is 0.497 e. The number of carbonyl (C=O) groups excluding carboxylic acids is 2. The van der Waals surface area contributed by atoms with E-state index in [1.54, 1.807) is 37.0 Å². The molecule has 0 radical (unpaired) electrons. The highest BCUT2D eigenvalue weighted by atomic mass is 16.7. The summed E-state index contributed by atoms with van der Waals surface area (Å²) in [6, 6.07) is 20.0. The zero-order valence-corrected chi connectivity index (χ0v) is 23.4. The second-order valence-corrected chi connectivity index (χ2v) is 9.95. The minimum absolute atomic E-state index is 0.115. The topological polar surface area (TPSA) is 104 Å². The van der Waals surface area contributed by atoms with Crippen LogP contribution >= 0.6 is 0 Å². The zero-order chi connectivity index (χ0) is 28.9. The van der Waals surface area contributed by atoms with E-state index in [1.165, 1.54) is 4.90 Å². The highest BCUT2D eigenvalue weighted by molar-refractivity contribution is 5.99. The Morgan fingerprint density at radius 3 is 2.46 bits per heavy atom. The van der Waals surface area contributed by atoms with Crippen molar-refractivity contribution in [3.63, 3.8) is 0 Å². The standard InChI is InChI=1S/C31H32N4O6/c1-20(2)16-34(30(37)22-8-13-27-28(15-22)41-19-40-27)18-29(36)33-31-32-26(21-6-5-7-25(14-21)39-4)17-35(31)23-9-11-24(38-3)12-10-23/h5-15,17,20H,16,18-19H2,1-4H3,(H,32,33,36). The van der Waals surface area contributed by atoms with Gasteiger partial charge in [0.2, 0.25) is 18.6 Å². The lowest BCUT2D eigenvalue weighted by Crippen LogP contribution is -2.40. The van der Waals surface area contributed by atoms with Gasteiger partial charge in [-0.15, -0.1) is 0 Å². The molecule has 41 heavy (non-hydrogen) atoms. The van der Waals surface area contributed by atoms with Crippen molar-refractivity contribution >= 4 is 17.8 Å². The minimum atomic E-state index is -0.378. The van der Waals surface area contributed by atoms with Crippen molar-refractivity contribution < 1.29 is 28.5 Å². The van der Waals surface area contributed by atoms with Gasteiger partial charge in [0.05, 0.1) is 19.9 Å². The van der Waals surface area contributed by atoms with Crippen molar-refractivity contribution in [2.24, 2.45) is 5.92 Å². The molecule has 2 amide bonds. The third-order valence-electron chi connectivity index (χ3n) is 6.50. The van der Waals surface area contributed by atoms with Crippen LogP contribution in [0, 0.1) is 5.92 Å². The second-order valence-electron chi connectivity index (χ2n) is 9.95. The van der Waals surface area contributed by atoms with Crippen LogP contribution in [0.15, 0.2) is 72.9 Å².